The second-order valence-electron chi connectivity index (χ2n) is 7.17. The molecule has 0 saturated carbocycles. The van der Waals surface area contributed by atoms with E-state index in [2.05, 4.69) is 21.7 Å². The highest BCUT2D eigenvalue weighted by Crippen LogP contribution is 2.28. The molecule has 2 aliphatic rings. The number of carboxylic acid groups (broad SMARTS) is 1. The number of hydrogen-bond acceptors (Lipinski definition) is 8. The largest absolute Gasteiger partial charge is 0.481 e. The SMILES string of the molecule is CC1COCCN1c1nc(N2CCOCC2)c2ccc(/C=C/CC(=O)O)nc2n1. The fraction of sp³-hybridized carbons (Fsp3) is 0.500. The van der Waals surface area contributed by atoms with E-state index >= 15 is 0 Å². The van der Waals surface area contributed by atoms with Crippen molar-refractivity contribution in [1.29, 1.82) is 0 Å². The Kier molecular flexibility index (Phi) is 5.86. The van der Waals surface area contributed by atoms with Gasteiger partial charge in [-0.1, -0.05) is 6.08 Å². The van der Waals surface area contributed by atoms with Gasteiger partial charge in [0.2, 0.25) is 5.95 Å². The molecule has 0 aliphatic carbocycles. The Morgan fingerprint density at radius 2 is 1.97 bits per heavy atom. The second-order valence-corrected chi connectivity index (χ2v) is 7.17. The van der Waals surface area contributed by atoms with Gasteiger partial charge in [-0.25, -0.2) is 4.98 Å². The van der Waals surface area contributed by atoms with Gasteiger partial charge in [0, 0.05) is 19.6 Å². The van der Waals surface area contributed by atoms with Crippen LogP contribution in [0.25, 0.3) is 17.1 Å². The number of rotatable bonds is 5. The number of ether oxygens (including phenoxy) is 2. The first-order valence-electron chi connectivity index (χ1n) is 9.86. The Balaban J connectivity index is 1.76. The van der Waals surface area contributed by atoms with Crippen molar-refractivity contribution in [1.82, 2.24) is 15.0 Å². The number of aromatic nitrogens is 3. The van der Waals surface area contributed by atoms with E-state index in [1.807, 2.05) is 12.1 Å². The van der Waals surface area contributed by atoms with E-state index in [0.717, 1.165) is 30.8 Å². The van der Waals surface area contributed by atoms with E-state index in [1.165, 1.54) is 0 Å². The zero-order chi connectivity index (χ0) is 20.2. The van der Waals surface area contributed by atoms with Gasteiger partial charge < -0.3 is 24.4 Å². The molecule has 2 aromatic rings. The number of morpholine rings is 2. The maximum absolute atomic E-state index is 10.7. The minimum absolute atomic E-state index is 0.0426. The van der Waals surface area contributed by atoms with Crippen LogP contribution >= 0.6 is 0 Å². The minimum atomic E-state index is -0.873. The summed E-state index contributed by atoms with van der Waals surface area (Å²) in [6, 6.07) is 4.00. The molecule has 0 bridgehead atoms. The van der Waals surface area contributed by atoms with Crippen molar-refractivity contribution in [3.8, 4) is 0 Å². The molecule has 154 valence electrons. The Hall–Kier alpha value is -2.78. The molecule has 4 heterocycles. The summed E-state index contributed by atoms with van der Waals surface area (Å²) in [4.78, 5) is 29.4. The first-order valence-corrected chi connectivity index (χ1v) is 9.86. The number of nitrogens with zero attached hydrogens (tertiary/aromatic N) is 5. The summed E-state index contributed by atoms with van der Waals surface area (Å²) in [5.74, 6) is 0.636. The average molecular weight is 399 g/mol. The number of fused-ring (bicyclic) bond motifs is 1. The van der Waals surface area contributed by atoms with Crippen molar-refractivity contribution >= 4 is 34.8 Å². The Labute approximate surface area is 169 Å². The van der Waals surface area contributed by atoms with Gasteiger partial charge in [-0.05, 0) is 25.1 Å². The zero-order valence-electron chi connectivity index (χ0n) is 16.5. The quantitative estimate of drug-likeness (QED) is 0.803. The molecule has 0 spiro atoms. The zero-order valence-corrected chi connectivity index (χ0v) is 16.5. The van der Waals surface area contributed by atoms with Crippen molar-refractivity contribution in [3.63, 3.8) is 0 Å². The first-order chi connectivity index (χ1) is 14.1. The van der Waals surface area contributed by atoms with Crippen molar-refractivity contribution in [2.24, 2.45) is 0 Å². The fourth-order valence-electron chi connectivity index (χ4n) is 3.54. The molecule has 4 rings (SSSR count). The molecular formula is C20H25N5O4. The third kappa shape index (κ3) is 4.46. The van der Waals surface area contributed by atoms with Crippen molar-refractivity contribution < 1.29 is 19.4 Å². The summed E-state index contributed by atoms with van der Waals surface area (Å²) in [5.41, 5.74) is 1.28. The summed E-state index contributed by atoms with van der Waals surface area (Å²) in [7, 11) is 0. The highest BCUT2D eigenvalue weighted by Gasteiger charge is 2.25. The summed E-state index contributed by atoms with van der Waals surface area (Å²) < 4.78 is 11.0. The topological polar surface area (TPSA) is 101 Å². The van der Waals surface area contributed by atoms with Crippen LogP contribution in [0.5, 0.6) is 0 Å². The van der Waals surface area contributed by atoms with Crippen molar-refractivity contribution in [2.45, 2.75) is 19.4 Å². The lowest BCUT2D eigenvalue weighted by Crippen LogP contribution is -2.45. The summed E-state index contributed by atoms with van der Waals surface area (Å²) in [6.45, 7) is 6.97. The summed E-state index contributed by atoms with van der Waals surface area (Å²) in [5, 5.41) is 9.71. The molecule has 2 fully saturated rings. The van der Waals surface area contributed by atoms with Crippen LogP contribution in [0.3, 0.4) is 0 Å². The molecule has 9 heteroatoms. The number of carbonyl (C=O) groups is 1. The van der Waals surface area contributed by atoms with Crippen LogP contribution in [0.4, 0.5) is 11.8 Å². The van der Waals surface area contributed by atoms with Crippen LogP contribution in [-0.4, -0.2) is 78.1 Å². The fourth-order valence-corrected chi connectivity index (χ4v) is 3.54. The van der Waals surface area contributed by atoms with Gasteiger partial charge in [0.15, 0.2) is 5.65 Å². The van der Waals surface area contributed by atoms with Gasteiger partial charge in [0.05, 0.1) is 50.0 Å². The molecule has 1 N–H and O–H groups in total. The van der Waals surface area contributed by atoms with Crippen LogP contribution in [0.2, 0.25) is 0 Å². The maximum Gasteiger partial charge on any atom is 0.307 e. The second kappa shape index (κ2) is 8.71. The summed E-state index contributed by atoms with van der Waals surface area (Å²) >= 11 is 0. The van der Waals surface area contributed by atoms with E-state index in [9.17, 15) is 4.79 Å². The van der Waals surface area contributed by atoms with Crippen LogP contribution in [0.1, 0.15) is 19.0 Å². The molecule has 1 atom stereocenters. The van der Waals surface area contributed by atoms with E-state index in [4.69, 9.17) is 24.5 Å². The molecule has 2 aromatic heterocycles. The molecular weight excluding hydrogens is 374 g/mol. The van der Waals surface area contributed by atoms with Crippen LogP contribution < -0.4 is 9.80 Å². The molecule has 0 aromatic carbocycles. The third-order valence-corrected chi connectivity index (χ3v) is 5.07. The molecule has 0 radical (unpaired) electrons. The van der Waals surface area contributed by atoms with Gasteiger partial charge in [0.25, 0.3) is 0 Å². The van der Waals surface area contributed by atoms with E-state index < -0.39 is 5.97 Å². The number of aliphatic carboxylic acids is 1. The Bertz CT molecular complexity index is 913. The van der Waals surface area contributed by atoms with E-state index in [0.29, 0.717) is 43.7 Å². The monoisotopic (exact) mass is 399 g/mol. The number of anilines is 2. The van der Waals surface area contributed by atoms with Gasteiger partial charge >= 0.3 is 5.97 Å². The molecule has 2 saturated heterocycles. The third-order valence-electron chi connectivity index (χ3n) is 5.07. The molecule has 29 heavy (non-hydrogen) atoms. The van der Waals surface area contributed by atoms with Crippen molar-refractivity contribution in [3.05, 3.63) is 23.9 Å². The smallest absolute Gasteiger partial charge is 0.307 e. The highest BCUT2D eigenvalue weighted by molar-refractivity contribution is 5.89. The van der Waals surface area contributed by atoms with Gasteiger partial charge in [-0.2, -0.15) is 9.97 Å². The van der Waals surface area contributed by atoms with Crippen LogP contribution in [0.15, 0.2) is 18.2 Å². The van der Waals surface area contributed by atoms with Gasteiger partial charge in [0.1, 0.15) is 5.82 Å². The minimum Gasteiger partial charge on any atom is -0.481 e. The van der Waals surface area contributed by atoms with Crippen LogP contribution in [-0.2, 0) is 14.3 Å². The molecule has 9 nitrogen and oxygen atoms in total. The Morgan fingerprint density at radius 3 is 2.72 bits per heavy atom. The normalized spacial score (nSPS) is 20.5. The van der Waals surface area contributed by atoms with Gasteiger partial charge in [-0.3, -0.25) is 4.79 Å². The summed E-state index contributed by atoms with van der Waals surface area (Å²) in [6.07, 6.45) is 3.26. The Morgan fingerprint density at radius 1 is 1.17 bits per heavy atom. The first kappa shape index (κ1) is 19.5. The lowest BCUT2D eigenvalue weighted by Gasteiger charge is -2.34. The predicted molar refractivity (Wildman–Crippen MR) is 109 cm³/mol. The number of carboxylic acids is 1. The van der Waals surface area contributed by atoms with E-state index in [-0.39, 0.29) is 12.5 Å². The highest BCUT2D eigenvalue weighted by atomic mass is 16.5. The average Bonchev–Trinajstić information content (AvgIpc) is 2.73. The number of hydrogen-bond donors (Lipinski definition) is 1. The molecule has 1 unspecified atom stereocenters. The standard InChI is InChI=1S/C20H25N5O4/c1-14-13-29-12-9-25(14)20-22-18-16(19(23-20)24-7-10-28-11-8-24)6-5-15(21-18)3-2-4-17(26)27/h2-3,5-6,14H,4,7-13H2,1H3,(H,26,27)/b3-2+. The molecule has 0 amide bonds. The predicted octanol–water partition coefficient (Wildman–Crippen LogP) is 1.57. The maximum atomic E-state index is 10.7. The van der Waals surface area contributed by atoms with Crippen LogP contribution in [0, 0.1) is 0 Å². The van der Waals surface area contributed by atoms with Gasteiger partial charge in [-0.15, -0.1) is 0 Å². The van der Waals surface area contributed by atoms with Crippen molar-refractivity contribution in [2.75, 3.05) is 55.9 Å². The van der Waals surface area contributed by atoms with E-state index in [1.54, 1.807) is 12.2 Å². The number of pyridine rings is 1. The molecule has 2 aliphatic heterocycles. The lowest BCUT2D eigenvalue weighted by molar-refractivity contribution is -0.135. The lowest BCUT2D eigenvalue weighted by atomic mass is 10.2.